The van der Waals surface area contributed by atoms with Crippen LogP contribution in [0.1, 0.15) is 59.2 Å². The molecule has 2 heterocycles. The Bertz CT molecular complexity index is 868. The molecule has 2 aromatic heterocycles. The average molecular weight is 390 g/mol. The largest absolute Gasteiger partial charge is 0.461 e. The fourth-order valence-corrected chi connectivity index (χ4v) is 2.38. The maximum Gasteiger partial charge on any atom is 0.356 e. The number of nitrogens with zero attached hydrogens (tertiary/aromatic N) is 4. The molecular weight excluding hydrogens is 364 g/mol. The molecule has 0 bridgehead atoms. The molecule has 10 nitrogen and oxygen atoms in total. The lowest BCUT2D eigenvalue weighted by Crippen LogP contribution is -2.28. The van der Waals surface area contributed by atoms with Crippen LogP contribution in [0, 0.1) is 5.92 Å². The van der Waals surface area contributed by atoms with E-state index in [-0.39, 0.29) is 41.2 Å². The van der Waals surface area contributed by atoms with E-state index in [1.807, 2.05) is 20.8 Å². The Morgan fingerprint density at radius 2 is 1.89 bits per heavy atom. The summed E-state index contributed by atoms with van der Waals surface area (Å²) in [6.07, 6.45) is 1.58. The molecule has 0 spiro atoms. The molecule has 2 rings (SSSR count). The fourth-order valence-electron chi connectivity index (χ4n) is 2.38. The van der Waals surface area contributed by atoms with Gasteiger partial charge in [0.25, 0.3) is 11.8 Å². The summed E-state index contributed by atoms with van der Waals surface area (Å²) < 4.78 is 7.77. The van der Waals surface area contributed by atoms with Gasteiger partial charge in [-0.1, -0.05) is 13.8 Å². The third-order valence-corrected chi connectivity index (χ3v) is 3.82. The number of hydrogen-bond acceptors (Lipinski definition) is 6. The molecule has 0 aromatic carbocycles. The van der Waals surface area contributed by atoms with E-state index in [9.17, 15) is 14.4 Å². The Morgan fingerprint density at radius 1 is 1.18 bits per heavy atom. The standard InChI is InChI=1S/C18H26N6O4/c1-6-24-10-13(15(22-24)17(26)19-9-11(3)4)20-16(25)12-8-14(23(5)21-12)18(27)28-7-2/h8,10-11H,6-7,9H2,1-5H3,(H,19,26)(H,20,25). The Hall–Kier alpha value is -3.17. The minimum atomic E-state index is -0.566. The van der Waals surface area contributed by atoms with Gasteiger partial charge in [-0.25, -0.2) is 4.79 Å². The smallest absolute Gasteiger partial charge is 0.356 e. The number of carbonyl (C=O) groups excluding carboxylic acids is 3. The quantitative estimate of drug-likeness (QED) is 0.658. The van der Waals surface area contributed by atoms with Crippen LogP contribution in [0.5, 0.6) is 0 Å². The monoisotopic (exact) mass is 390 g/mol. The van der Waals surface area contributed by atoms with Crippen molar-refractivity contribution in [3.63, 3.8) is 0 Å². The van der Waals surface area contributed by atoms with Crippen molar-refractivity contribution in [2.75, 3.05) is 18.5 Å². The molecule has 0 radical (unpaired) electrons. The van der Waals surface area contributed by atoms with Gasteiger partial charge in [-0.05, 0) is 19.8 Å². The van der Waals surface area contributed by atoms with Crippen molar-refractivity contribution in [2.45, 2.75) is 34.2 Å². The van der Waals surface area contributed by atoms with Gasteiger partial charge < -0.3 is 15.4 Å². The number of nitrogens with one attached hydrogen (secondary N) is 2. The van der Waals surface area contributed by atoms with Gasteiger partial charge >= 0.3 is 5.97 Å². The summed E-state index contributed by atoms with van der Waals surface area (Å²) in [6, 6.07) is 1.34. The second-order valence-electron chi connectivity index (χ2n) is 6.56. The highest BCUT2D eigenvalue weighted by molar-refractivity contribution is 6.08. The molecule has 2 aromatic rings. The lowest BCUT2D eigenvalue weighted by Gasteiger charge is -2.07. The third kappa shape index (κ3) is 4.96. The predicted octanol–water partition coefficient (Wildman–Crippen LogP) is 1.45. The first kappa shape index (κ1) is 21.1. The van der Waals surface area contributed by atoms with Gasteiger partial charge in [-0.2, -0.15) is 10.2 Å². The van der Waals surface area contributed by atoms with Crippen molar-refractivity contribution in [3.05, 3.63) is 29.3 Å². The normalized spacial score (nSPS) is 10.8. The minimum absolute atomic E-state index is 0.0309. The maximum absolute atomic E-state index is 12.6. The number of anilines is 1. The number of hydrogen-bond donors (Lipinski definition) is 2. The molecule has 0 aliphatic rings. The first-order chi connectivity index (χ1) is 13.3. The second kappa shape index (κ2) is 9.16. The number of amides is 2. The Kier molecular flexibility index (Phi) is 6.91. The Morgan fingerprint density at radius 3 is 2.50 bits per heavy atom. The molecule has 0 fully saturated rings. The zero-order chi connectivity index (χ0) is 20.8. The lowest BCUT2D eigenvalue weighted by molar-refractivity contribution is 0.0513. The molecule has 2 N–H and O–H groups in total. The van der Waals surface area contributed by atoms with Crippen molar-refractivity contribution in [1.29, 1.82) is 0 Å². The lowest BCUT2D eigenvalue weighted by atomic mass is 10.2. The summed E-state index contributed by atoms with van der Waals surface area (Å²) in [5.41, 5.74) is 0.586. The van der Waals surface area contributed by atoms with E-state index in [0.29, 0.717) is 13.1 Å². The van der Waals surface area contributed by atoms with Gasteiger partial charge in [0.2, 0.25) is 0 Å². The minimum Gasteiger partial charge on any atom is -0.461 e. The van der Waals surface area contributed by atoms with E-state index < -0.39 is 11.9 Å². The highest BCUT2D eigenvalue weighted by Gasteiger charge is 2.22. The summed E-state index contributed by atoms with van der Waals surface area (Å²) >= 11 is 0. The molecule has 0 unspecified atom stereocenters. The SMILES string of the molecule is CCOC(=O)c1cc(C(=O)Nc2cn(CC)nc2C(=O)NCC(C)C)nn1C. The summed E-state index contributed by atoms with van der Waals surface area (Å²) in [6.45, 7) is 8.78. The van der Waals surface area contributed by atoms with Gasteiger partial charge in [0.1, 0.15) is 5.69 Å². The van der Waals surface area contributed by atoms with E-state index in [1.165, 1.54) is 10.7 Å². The predicted molar refractivity (Wildman–Crippen MR) is 102 cm³/mol. The van der Waals surface area contributed by atoms with Crippen LogP contribution in [0.2, 0.25) is 0 Å². The topological polar surface area (TPSA) is 120 Å². The van der Waals surface area contributed by atoms with Crippen LogP contribution in [0.15, 0.2) is 12.3 Å². The fraction of sp³-hybridized carbons (Fsp3) is 0.500. The first-order valence-electron chi connectivity index (χ1n) is 9.14. The summed E-state index contributed by atoms with van der Waals surface area (Å²) in [5.74, 6) is -1.21. The maximum atomic E-state index is 12.6. The van der Waals surface area contributed by atoms with Crippen LogP contribution < -0.4 is 10.6 Å². The first-order valence-corrected chi connectivity index (χ1v) is 9.14. The van der Waals surface area contributed by atoms with Gasteiger partial charge in [-0.3, -0.25) is 19.0 Å². The molecule has 152 valence electrons. The average Bonchev–Trinajstić information content (AvgIpc) is 3.23. The van der Waals surface area contributed by atoms with E-state index in [4.69, 9.17) is 4.74 Å². The van der Waals surface area contributed by atoms with E-state index in [0.717, 1.165) is 0 Å². The van der Waals surface area contributed by atoms with Crippen molar-refractivity contribution in [3.8, 4) is 0 Å². The number of aryl methyl sites for hydroxylation is 2. The number of carbonyl (C=O) groups is 3. The van der Waals surface area contributed by atoms with Crippen molar-refractivity contribution >= 4 is 23.5 Å². The highest BCUT2D eigenvalue weighted by Crippen LogP contribution is 2.16. The van der Waals surface area contributed by atoms with E-state index in [2.05, 4.69) is 20.8 Å². The van der Waals surface area contributed by atoms with Crippen LogP contribution in [0.3, 0.4) is 0 Å². The molecular formula is C18H26N6O4. The van der Waals surface area contributed by atoms with Crippen molar-refractivity contribution in [2.24, 2.45) is 13.0 Å². The van der Waals surface area contributed by atoms with Crippen LogP contribution in [-0.4, -0.2) is 50.5 Å². The Balaban J connectivity index is 2.22. The van der Waals surface area contributed by atoms with Gasteiger partial charge in [0, 0.05) is 32.4 Å². The van der Waals surface area contributed by atoms with Gasteiger partial charge in [0.15, 0.2) is 11.4 Å². The van der Waals surface area contributed by atoms with Crippen molar-refractivity contribution in [1.82, 2.24) is 24.9 Å². The van der Waals surface area contributed by atoms with E-state index in [1.54, 1.807) is 24.9 Å². The van der Waals surface area contributed by atoms with Gasteiger partial charge in [-0.15, -0.1) is 0 Å². The summed E-state index contributed by atoms with van der Waals surface area (Å²) in [4.78, 5) is 36.9. The molecule has 28 heavy (non-hydrogen) atoms. The molecule has 0 saturated heterocycles. The van der Waals surface area contributed by atoms with Crippen LogP contribution in [-0.2, 0) is 18.3 Å². The molecule has 10 heteroatoms. The molecule has 2 amide bonds. The summed E-state index contributed by atoms with van der Waals surface area (Å²) in [5, 5.41) is 13.7. The van der Waals surface area contributed by atoms with Crippen LogP contribution in [0.25, 0.3) is 0 Å². The highest BCUT2D eigenvalue weighted by atomic mass is 16.5. The summed E-state index contributed by atoms with van der Waals surface area (Å²) in [7, 11) is 1.54. The number of esters is 1. The zero-order valence-electron chi connectivity index (χ0n) is 16.8. The van der Waals surface area contributed by atoms with Crippen molar-refractivity contribution < 1.29 is 19.1 Å². The molecule has 0 aliphatic carbocycles. The molecule has 0 saturated carbocycles. The molecule has 0 aliphatic heterocycles. The zero-order valence-corrected chi connectivity index (χ0v) is 16.8. The van der Waals surface area contributed by atoms with Crippen LogP contribution >= 0.6 is 0 Å². The number of rotatable bonds is 8. The number of ether oxygens (including phenoxy) is 1. The van der Waals surface area contributed by atoms with E-state index >= 15 is 0 Å². The van der Waals surface area contributed by atoms with Gasteiger partial charge in [0.05, 0.1) is 12.3 Å². The number of aromatic nitrogens is 4. The second-order valence-corrected chi connectivity index (χ2v) is 6.56. The molecule has 0 atom stereocenters. The third-order valence-electron chi connectivity index (χ3n) is 3.82. The Labute approximate surface area is 163 Å². The van der Waals surface area contributed by atoms with Crippen LogP contribution in [0.4, 0.5) is 5.69 Å².